The van der Waals surface area contributed by atoms with Crippen LogP contribution >= 0.6 is 0 Å². The summed E-state index contributed by atoms with van der Waals surface area (Å²) in [6.45, 7) is 1.53. The smallest absolute Gasteiger partial charge is 0.159 e. The number of hydrogen-bond donors (Lipinski definition) is 1. The molecule has 0 spiro atoms. The Bertz CT molecular complexity index is 3770. The molecule has 6 heteroatoms. The van der Waals surface area contributed by atoms with E-state index in [2.05, 4.69) is 158 Å². The van der Waals surface area contributed by atoms with Crippen molar-refractivity contribution < 1.29 is 18.7 Å². The van der Waals surface area contributed by atoms with E-state index in [-0.39, 0.29) is 18.0 Å². The fraction of sp³-hybridized carbons (Fsp3) is 0.0469. The second kappa shape index (κ2) is 17.8. The van der Waals surface area contributed by atoms with Gasteiger partial charge >= 0.3 is 0 Å². The van der Waals surface area contributed by atoms with Crippen LogP contribution in [-0.2, 0) is 11.2 Å². The Labute approximate surface area is 404 Å². The highest BCUT2D eigenvalue weighted by Gasteiger charge is 2.18. The first kappa shape index (κ1) is 42.2. The van der Waals surface area contributed by atoms with Crippen molar-refractivity contribution in [2.75, 3.05) is 0 Å². The Kier molecular flexibility index (Phi) is 10.8. The molecular formula is C64H44N2O4. The molecule has 0 aliphatic rings. The number of ketones is 1. The van der Waals surface area contributed by atoms with Gasteiger partial charge < -0.3 is 13.9 Å². The lowest BCUT2D eigenvalue weighted by molar-refractivity contribution is -0.114. The molecule has 0 amide bonds. The summed E-state index contributed by atoms with van der Waals surface area (Å²) in [6.07, 6.45) is 5.75. The number of aliphatic hydroxyl groups is 1. The summed E-state index contributed by atoms with van der Waals surface area (Å²) in [6, 6.07) is 70.0. The summed E-state index contributed by atoms with van der Waals surface area (Å²) in [5.41, 5.74) is 18.9. The molecule has 0 saturated carbocycles. The molecule has 0 atom stereocenters. The van der Waals surface area contributed by atoms with E-state index < -0.39 is 0 Å². The van der Waals surface area contributed by atoms with E-state index in [9.17, 15) is 9.90 Å². The number of pyridine rings is 2. The van der Waals surface area contributed by atoms with E-state index in [1.165, 1.54) is 13.0 Å². The molecule has 0 unspecified atom stereocenters. The quantitative estimate of drug-likeness (QED) is 0.103. The van der Waals surface area contributed by atoms with E-state index in [0.29, 0.717) is 6.42 Å². The zero-order valence-electron chi connectivity index (χ0n) is 38.3. The lowest BCUT2D eigenvalue weighted by Gasteiger charge is -2.18. The number of furan rings is 2. The lowest BCUT2D eigenvalue weighted by atomic mass is 9.86. The maximum Gasteiger partial charge on any atom is 0.159 e. The normalized spacial score (nSPS) is 11.8. The number of aliphatic hydroxyl groups excluding tert-OH is 1. The van der Waals surface area contributed by atoms with Crippen molar-refractivity contribution in [2.45, 2.75) is 19.8 Å². The highest BCUT2D eigenvalue weighted by Crippen LogP contribution is 2.42. The number of para-hydroxylation sites is 2. The number of benzene rings is 8. The van der Waals surface area contributed by atoms with Gasteiger partial charge in [-0.15, -0.1) is 0 Å². The average molecular weight is 905 g/mol. The zero-order chi connectivity index (χ0) is 47.1. The van der Waals surface area contributed by atoms with Crippen molar-refractivity contribution in [1.29, 1.82) is 0 Å². The van der Waals surface area contributed by atoms with Crippen LogP contribution in [0.2, 0.25) is 0 Å². The Morgan fingerprint density at radius 3 is 1.29 bits per heavy atom. The molecule has 0 bridgehead atoms. The minimum atomic E-state index is -0.109. The molecule has 4 aromatic heterocycles. The molecule has 8 aromatic carbocycles. The zero-order valence-corrected chi connectivity index (χ0v) is 38.3. The van der Waals surface area contributed by atoms with Gasteiger partial charge in [0.05, 0.1) is 29.5 Å². The number of hydrogen-bond acceptors (Lipinski definition) is 6. The third-order valence-corrected chi connectivity index (χ3v) is 13.3. The number of carbonyl (C=O) groups is 1. The monoisotopic (exact) mass is 904 g/mol. The van der Waals surface area contributed by atoms with E-state index in [0.717, 1.165) is 128 Å². The largest absolute Gasteiger partial charge is 0.512 e. The maximum absolute atomic E-state index is 12.8. The van der Waals surface area contributed by atoms with Gasteiger partial charge in [0, 0.05) is 45.2 Å². The van der Waals surface area contributed by atoms with Crippen LogP contribution in [0.5, 0.6) is 0 Å². The summed E-state index contributed by atoms with van der Waals surface area (Å²) in [5, 5.41) is 14.1. The number of nitrogens with zero attached hydrogens (tertiary/aromatic N) is 2. The van der Waals surface area contributed by atoms with Gasteiger partial charge in [-0.05, 0) is 117 Å². The van der Waals surface area contributed by atoms with Gasteiger partial charge in [0.2, 0.25) is 0 Å². The van der Waals surface area contributed by atoms with E-state index in [4.69, 9.17) is 18.8 Å². The average Bonchev–Trinajstić information content (AvgIpc) is 3.98. The van der Waals surface area contributed by atoms with Gasteiger partial charge in [-0.3, -0.25) is 14.8 Å². The van der Waals surface area contributed by atoms with Gasteiger partial charge in [-0.2, -0.15) is 0 Å². The summed E-state index contributed by atoms with van der Waals surface area (Å²) in [5.74, 6) is -0.0960. The topological polar surface area (TPSA) is 89.4 Å². The molecular weight excluding hydrogens is 861 g/mol. The summed E-state index contributed by atoms with van der Waals surface area (Å²) >= 11 is 0. The summed E-state index contributed by atoms with van der Waals surface area (Å²) in [7, 11) is 0. The molecule has 0 saturated heterocycles. The van der Waals surface area contributed by atoms with E-state index in [1.54, 1.807) is 0 Å². The van der Waals surface area contributed by atoms with Crippen molar-refractivity contribution in [3.05, 3.63) is 230 Å². The summed E-state index contributed by atoms with van der Waals surface area (Å²) in [4.78, 5) is 22.4. The molecule has 4 heterocycles. The van der Waals surface area contributed by atoms with Crippen molar-refractivity contribution in [1.82, 2.24) is 9.97 Å². The second-order valence-corrected chi connectivity index (χ2v) is 17.8. The number of aromatic nitrogens is 2. The van der Waals surface area contributed by atoms with Crippen molar-refractivity contribution in [2.24, 2.45) is 0 Å². The SMILES string of the molecule is CC(O)=CC(=O)CCc1ccccc1-c1cc(-c2ccccc2-c2ccc(-c3cc4c(cn3)oc3ccccc34)cc2)cc(-c2ccccc2-c2ccc(-c3cc4c(cn3)oc3ccccc34)cc2)c1. The Balaban J connectivity index is 0.943. The van der Waals surface area contributed by atoms with Gasteiger partial charge in [-0.1, -0.05) is 158 Å². The highest BCUT2D eigenvalue weighted by molar-refractivity contribution is 6.07. The third kappa shape index (κ3) is 8.01. The standard InChI is InChI=1S/C64H44N2O4/c1-40(67)32-49(68)31-30-41-12-2-3-13-50(41)46-33-47(53-16-6-4-14-51(53)42-22-26-44(27-23-42)59-36-57-55-18-8-10-20-61(55)69-63(57)38-65-59)35-48(34-46)54-17-7-5-15-52(54)43-24-28-45(29-25-43)60-37-58-56-19-9-11-21-62(56)70-64(58)39-66-60/h2-29,32-39,67H,30-31H2,1H3. The van der Waals surface area contributed by atoms with Crippen LogP contribution < -0.4 is 0 Å². The molecule has 1 N–H and O–H groups in total. The van der Waals surface area contributed by atoms with Crippen LogP contribution in [0.15, 0.2) is 233 Å². The number of fused-ring (bicyclic) bond motifs is 6. The van der Waals surface area contributed by atoms with E-state index in [1.807, 2.05) is 54.9 Å². The molecule has 334 valence electrons. The predicted octanol–water partition coefficient (Wildman–Crippen LogP) is 16.9. The minimum Gasteiger partial charge on any atom is -0.512 e. The van der Waals surface area contributed by atoms with Crippen LogP contribution in [0.3, 0.4) is 0 Å². The minimum absolute atomic E-state index is 0.0135. The number of rotatable bonds is 11. The predicted molar refractivity (Wildman–Crippen MR) is 284 cm³/mol. The lowest BCUT2D eigenvalue weighted by Crippen LogP contribution is -1.99. The van der Waals surface area contributed by atoms with Gasteiger partial charge in [0.15, 0.2) is 16.9 Å². The van der Waals surface area contributed by atoms with Crippen LogP contribution in [0, 0.1) is 0 Å². The fourth-order valence-corrected chi connectivity index (χ4v) is 9.87. The fourth-order valence-electron chi connectivity index (χ4n) is 9.87. The molecule has 0 aliphatic carbocycles. The Morgan fingerprint density at radius 2 is 0.814 bits per heavy atom. The number of aryl methyl sites for hydroxylation is 1. The van der Waals surface area contributed by atoms with Crippen molar-refractivity contribution >= 4 is 49.7 Å². The molecule has 0 aliphatic heterocycles. The summed E-state index contributed by atoms with van der Waals surface area (Å²) < 4.78 is 12.1. The van der Waals surface area contributed by atoms with Crippen molar-refractivity contribution in [3.63, 3.8) is 0 Å². The molecule has 0 fully saturated rings. The van der Waals surface area contributed by atoms with Crippen LogP contribution in [0.4, 0.5) is 0 Å². The number of carbonyl (C=O) groups excluding carboxylic acids is 1. The van der Waals surface area contributed by atoms with Gasteiger partial charge in [0.1, 0.15) is 11.2 Å². The van der Waals surface area contributed by atoms with Crippen molar-refractivity contribution in [3.8, 4) is 78.1 Å². The second-order valence-electron chi connectivity index (χ2n) is 17.8. The first-order valence-electron chi connectivity index (χ1n) is 23.5. The Hall–Kier alpha value is -9.13. The molecule has 12 aromatic rings. The maximum atomic E-state index is 12.8. The number of allylic oxidation sites excluding steroid dienone is 2. The van der Waals surface area contributed by atoms with E-state index >= 15 is 0 Å². The van der Waals surface area contributed by atoms with Crippen LogP contribution in [-0.4, -0.2) is 20.9 Å². The molecule has 12 rings (SSSR count). The first-order valence-corrected chi connectivity index (χ1v) is 23.5. The molecule has 0 radical (unpaired) electrons. The van der Waals surface area contributed by atoms with Gasteiger partial charge in [0.25, 0.3) is 0 Å². The molecule has 70 heavy (non-hydrogen) atoms. The van der Waals surface area contributed by atoms with Crippen LogP contribution in [0.1, 0.15) is 18.9 Å². The van der Waals surface area contributed by atoms with Gasteiger partial charge in [-0.25, -0.2) is 0 Å². The molecule has 6 nitrogen and oxygen atoms in total. The van der Waals surface area contributed by atoms with Crippen LogP contribution in [0.25, 0.3) is 122 Å². The Morgan fingerprint density at radius 1 is 0.429 bits per heavy atom. The first-order chi connectivity index (χ1) is 34.4. The third-order valence-electron chi connectivity index (χ3n) is 13.3. The highest BCUT2D eigenvalue weighted by atomic mass is 16.3.